The Labute approximate surface area is 96.1 Å². The van der Waals surface area contributed by atoms with Gasteiger partial charge in [-0.15, -0.1) is 0 Å². The van der Waals surface area contributed by atoms with Crippen molar-refractivity contribution in [3.8, 4) is 0 Å². The second-order valence-corrected chi connectivity index (χ2v) is 4.74. The third-order valence-corrected chi connectivity index (χ3v) is 2.12. The van der Waals surface area contributed by atoms with Crippen molar-refractivity contribution in [2.24, 2.45) is 0 Å². The molecule has 0 aliphatic carbocycles. The van der Waals surface area contributed by atoms with E-state index in [-0.39, 0.29) is 12.0 Å². The summed E-state index contributed by atoms with van der Waals surface area (Å²) in [5.74, 6) is -0.816. The van der Waals surface area contributed by atoms with Crippen molar-refractivity contribution in [1.82, 2.24) is 0 Å². The summed E-state index contributed by atoms with van der Waals surface area (Å²) in [6.07, 6.45) is 0.0453. The van der Waals surface area contributed by atoms with E-state index in [2.05, 4.69) is 0 Å². The third kappa shape index (κ3) is 4.45. The Morgan fingerprint density at radius 1 is 1.25 bits per heavy atom. The Balaban J connectivity index is 2.75. The van der Waals surface area contributed by atoms with Gasteiger partial charge in [0, 0.05) is 0 Å². The lowest BCUT2D eigenvalue weighted by Gasteiger charge is -2.20. The van der Waals surface area contributed by atoms with E-state index in [0.29, 0.717) is 6.61 Å². The smallest absolute Gasteiger partial charge is 0.307 e. The van der Waals surface area contributed by atoms with Crippen LogP contribution in [0.2, 0.25) is 0 Å². The zero-order chi connectivity index (χ0) is 12.2. The van der Waals surface area contributed by atoms with Gasteiger partial charge in [-0.1, -0.05) is 24.3 Å². The van der Waals surface area contributed by atoms with Gasteiger partial charge in [0.15, 0.2) is 0 Å². The van der Waals surface area contributed by atoms with Crippen LogP contribution in [0.1, 0.15) is 31.9 Å². The van der Waals surface area contributed by atoms with Crippen molar-refractivity contribution in [2.75, 3.05) is 0 Å². The molecule has 0 amide bonds. The minimum atomic E-state index is -0.816. The maximum absolute atomic E-state index is 10.7. The minimum Gasteiger partial charge on any atom is -0.481 e. The van der Waals surface area contributed by atoms with Crippen LogP contribution in [0.15, 0.2) is 24.3 Å². The zero-order valence-corrected chi connectivity index (χ0v) is 9.99. The molecule has 88 valence electrons. The normalized spacial score (nSPS) is 11.4. The summed E-state index contributed by atoms with van der Waals surface area (Å²) < 4.78 is 5.64. The first-order chi connectivity index (χ1) is 7.38. The van der Waals surface area contributed by atoms with Gasteiger partial charge in [-0.3, -0.25) is 4.79 Å². The lowest BCUT2D eigenvalue weighted by atomic mass is 10.1. The second kappa shape index (κ2) is 5.12. The Hall–Kier alpha value is -1.35. The molecule has 1 aromatic carbocycles. The average Bonchev–Trinajstić information content (AvgIpc) is 2.14. The molecule has 0 aliphatic heterocycles. The van der Waals surface area contributed by atoms with Crippen molar-refractivity contribution >= 4 is 5.97 Å². The van der Waals surface area contributed by atoms with Crippen LogP contribution >= 0.6 is 0 Å². The van der Waals surface area contributed by atoms with Gasteiger partial charge in [0.1, 0.15) is 0 Å². The molecule has 0 fully saturated rings. The van der Waals surface area contributed by atoms with Crippen molar-refractivity contribution in [2.45, 2.75) is 39.4 Å². The van der Waals surface area contributed by atoms with E-state index in [4.69, 9.17) is 9.84 Å². The predicted octanol–water partition coefficient (Wildman–Crippen LogP) is 2.63. The number of carbonyl (C=O) groups is 1. The summed E-state index contributed by atoms with van der Waals surface area (Å²) in [7, 11) is 0. The van der Waals surface area contributed by atoms with E-state index in [0.717, 1.165) is 11.1 Å². The topological polar surface area (TPSA) is 46.5 Å². The lowest BCUT2D eigenvalue weighted by Crippen LogP contribution is -2.19. The number of hydrogen-bond acceptors (Lipinski definition) is 2. The Kier molecular flexibility index (Phi) is 4.07. The second-order valence-electron chi connectivity index (χ2n) is 4.74. The summed E-state index contributed by atoms with van der Waals surface area (Å²) in [6, 6.07) is 7.48. The largest absolute Gasteiger partial charge is 0.481 e. The maximum Gasteiger partial charge on any atom is 0.307 e. The molecule has 3 heteroatoms. The highest BCUT2D eigenvalue weighted by Gasteiger charge is 2.12. The molecule has 1 N–H and O–H groups in total. The van der Waals surface area contributed by atoms with Gasteiger partial charge < -0.3 is 9.84 Å². The fraction of sp³-hybridized carbons (Fsp3) is 0.462. The Bertz CT molecular complexity index is 364. The van der Waals surface area contributed by atoms with Gasteiger partial charge in [-0.05, 0) is 31.9 Å². The molecule has 1 aromatic rings. The first-order valence-electron chi connectivity index (χ1n) is 5.31. The van der Waals surface area contributed by atoms with Crippen LogP contribution < -0.4 is 0 Å². The molecule has 0 saturated carbocycles. The fourth-order valence-corrected chi connectivity index (χ4v) is 1.33. The van der Waals surface area contributed by atoms with Gasteiger partial charge in [-0.2, -0.15) is 0 Å². The molecule has 0 aromatic heterocycles. The summed E-state index contributed by atoms with van der Waals surface area (Å²) >= 11 is 0. The number of ether oxygens (including phenoxy) is 1. The van der Waals surface area contributed by atoms with Gasteiger partial charge >= 0.3 is 5.97 Å². The first kappa shape index (κ1) is 12.7. The van der Waals surface area contributed by atoms with E-state index in [1.807, 2.05) is 45.0 Å². The summed E-state index contributed by atoms with van der Waals surface area (Å²) in [6.45, 7) is 6.39. The third-order valence-electron chi connectivity index (χ3n) is 2.12. The van der Waals surface area contributed by atoms with Crippen LogP contribution in [0.4, 0.5) is 0 Å². The summed E-state index contributed by atoms with van der Waals surface area (Å²) in [5.41, 5.74) is 1.55. The fourth-order valence-electron chi connectivity index (χ4n) is 1.33. The van der Waals surface area contributed by atoms with E-state index < -0.39 is 5.97 Å². The lowest BCUT2D eigenvalue weighted by molar-refractivity contribution is -0.136. The number of carboxylic acids is 1. The first-order valence-corrected chi connectivity index (χ1v) is 5.31. The highest BCUT2D eigenvalue weighted by Crippen LogP contribution is 2.15. The summed E-state index contributed by atoms with van der Waals surface area (Å²) in [5, 5.41) is 8.78. The average molecular weight is 222 g/mol. The highest BCUT2D eigenvalue weighted by atomic mass is 16.5. The van der Waals surface area contributed by atoms with Gasteiger partial charge in [0.05, 0.1) is 18.6 Å². The van der Waals surface area contributed by atoms with Crippen LogP contribution in [0.3, 0.4) is 0 Å². The van der Waals surface area contributed by atoms with Gasteiger partial charge in [0.2, 0.25) is 0 Å². The van der Waals surface area contributed by atoms with E-state index >= 15 is 0 Å². The monoisotopic (exact) mass is 222 g/mol. The number of hydrogen-bond donors (Lipinski definition) is 1. The molecule has 0 heterocycles. The number of carboxylic acid groups (broad SMARTS) is 1. The van der Waals surface area contributed by atoms with Crippen LogP contribution in [0.5, 0.6) is 0 Å². The molecule has 16 heavy (non-hydrogen) atoms. The Morgan fingerprint density at radius 2 is 1.81 bits per heavy atom. The van der Waals surface area contributed by atoms with E-state index in [1.54, 1.807) is 0 Å². The van der Waals surface area contributed by atoms with Crippen molar-refractivity contribution < 1.29 is 14.6 Å². The minimum absolute atomic E-state index is 0.0453. The SMILES string of the molecule is CC(C)(C)OCc1ccccc1CC(=O)O. The van der Waals surface area contributed by atoms with Crippen molar-refractivity contribution in [3.63, 3.8) is 0 Å². The van der Waals surface area contributed by atoms with Gasteiger partial charge in [-0.25, -0.2) is 0 Å². The molecular weight excluding hydrogens is 204 g/mol. The highest BCUT2D eigenvalue weighted by molar-refractivity contribution is 5.70. The van der Waals surface area contributed by atoms with Crippen LogP contribution in [-0.2, 0) is 22.6 Å². The van der Waals surface area contributed by atoms with Crippen LogP contribution in [0, 0.1) is 0 Å². The van der Waals surface area contributed by atoms with Crippen LogP contribution in [0.25, 0.3) is 0 Å². The predicted molar refractivity (Wildman–Crippen MR) is 62.3 cm³/mol. The molecule has 0 bridgehead atoms. The Morgan fingerprint density at radius 3 is 2.31 bits per heavy atom. The zero-order valence-electron chi connectivity index (χ0n) is 9.99. The maximum atomic E-state index is 10.7. The molecule has 0 unspecified atom stereocenters. The quantitative estimate of drug-likeness (QED) is 0.851. The van der Waals surface area contributed by atoms with E-state index in [1.165, 1.54) is 0 Å². The standard InChI is InChI=1S/C13H18O3/c1-13(2,3)16-9-11-7-5-4-6-10(11)8-12(14)15/h4-7H,8-9H2,1-3H3,(H,14,15). The molecule has 0 atom stereocenters. The van der Waals surface area contributed by atoms with Crippen molar-refractivity contribution in [3.05, 3.63) is 35.4 Å². The number of rotatable bonds is 4. The van der Waals surface area contributed by atoms with E-state index in [9.17, 15) is 4.79 Å². The number of benzene rings is 1. The number of aliphatic carboxylic acids is 1. The molecule has 0 radical (unpaired) electrons. The van der Waals surface area contributed by atoms with Crippen LogP contribution in [-0.4, -0.2) is 16.7 Å². The van der Waals surface area contributed by atoms with Crippen molar-refractivity contribution in [1.29, 1.82) is 0 Å². The summed E-state index contributed by atoms with van der Waals surface area (Å²) in [4.78, 5) is 10.7. The van der Waals surface area contributed by atoms with Gasteiger partial charge in [0.25, 0.3) is 0 Å². The molecular formula is C13H18O3. The molecule has 0 saturated heterocycles. The molecule has 0 aliphatic rings. The molecule has 0 spiro atoms. The molecule has 1 rings (SSSR count). The molecule has 3 nitrogen and oxygen atoms in total.